The molecule has 0 radical (unpaired) electrons. The van der Waals surface area contributed by atoms with Crippen molar-refractivity contribution in [2.75, 3.05) is 20.7 Å². The number of esters is 1. The van der Waals surface area contributed by atoms with Gasteiger partial charge < -0.3 is 9.64 Å². The number of Topliss-reactive ketones (excluding diaryl/α,β-unsaturated/α-hetero) is 1. The van der Waals surface area contributed by atoms with Crippen molar-refractivity contribution >= 4 is 17.7 Å². The molecule has 0 aliphatic rings. The maximum Gasteiger partial charge on any atom is 0.337 e. The Morgan fingerprint density at radius 3 is 2.15 bits per heavy atom. The highest BCUT2D eigenvalue weighted by atomic mass is 16.5. The Morgan fingerprint density at radius 2 is 1.65 bits per heavy atom. The van der Waals surface area contributed by atoms with E-state index in [9.17, 15) is 14.4 Å². The molecule has 0 fully saturated rings. The minimum absolute atomic E-state index is 0.202. The number of hydrogen-bond acceptors (Lipinski definition) is 4. The summed E-state index contributed by atoms with van der Waals surface area (Å²) < 4.78 is 4.64. The molecule has 5 heteroatoms. The van der Waals surface area contributed by atoms with Crippen LogP contribution in [0.5, 0.6) is 0 Å². The highest BCUT2D eigenvalue weighted by molar-refractivity contribution is 6.03. The van der Waals surface area contributed by atoms with E-state index >= 15 is 0 Å². The quantitative estimate of drug-likeness (QED) is 0.611. The molecular formula is C15H19NO4. The molecular weight excluding hydrogens is 258 g/mol. The summed E-state index contributed by atoms with van der Waals surface area (Å²) in [5.74, 6) is -0.997. The van der Waals surface area contributed by atoms with Crippen molar-refractivity contribution in [3.63, 3.8) is 0 Å². The molecule has 1 amide bonds. The zero-order chi connectivity index (χ0) is 15.3. The molecule has 0 saturated carbocycles. The summed E-state index contributed by atoms with van der Waals surface area (Å²) in [6.07, 6.45) is 0.832. The number of ether oxygens (including phenoxy) is 1. The number of amides is 1. The minimum atomic E-state index is -0.569. The molecule has 20 heavy (non-hydrogen) atoms. The van der Waals surface area contributed by atoms with E-state index in [1.54, 1.807) is 11.9 Å². The van der Waals surface area contributed by atoms with Crippen molar-refractivity contribution < 1.29 is 19.1 Å². The lowest BCUT2D eigenvalue weighted by Gasteiger charge is -2.17. The van der Waals surface area contributed by atoms with Crippen LogP contribution in [0.2, 0.25) is 0 Å². The van der Waals surface area contributed by atoms with Crippen molar-refractivity contribution in [2.45, 2.75) is 20.3 Å². The molecule has 0 unspecified atom stereocenters. The topological polar surface area (TPSA) is 63.7 Å². The molecule has 0 spiro atoms. The maximum atomic E-state index is 12.2. The van der Waals surface area contributed by atoms with Crippen LogP contribution in [0.15, 0.2) is 18.2 Å². The van der Waals surface area contributed by atoms with Crippen molar-refractivity contribution in [1.82, 2.24) is 4.90 Å². The van der Waals surface area contributed by atoms with Crippen molar-refractivity contribution in [1.29, 1.82) is 0 Å². The SMILES string of the molecule is CCCN(C)C(=O)c1cc(C(C)=O)cc(C(=O)OC)c1. The predicted molar refractivity (Wildman–Crippen MR) is 75.0 cm³/mol. The highest BCUT2D eigenvalue weighted by Gasteiger charge is 2.17. The average Bonchev–Trinajstić information content (AvgIpc) is 2.45. The van der Waals surface area contributed by atoms with Crippen molar-refractivity contribution in [3.8, 4) is 0 Å². The van der Waals surface area contributed by atoms with Gasteiger partial charge in [-0.1, -0.05) is 6.92 Å². The van der Waals surface area contributed by atoms with Crippen LogP contribution in [0.3, 0.4) is 0 Å². The molecule has 0 heterocycles. The number of methoxy groups -OCH3 is 1. The Balaban J connectivity index is 3.25. The first-order valence-electron chi connectivity index (χ1n) is 6.40. The summed E-state index contributed by atoms with van der Waals surface area (Å²) in [6.45, 7) is 3.97. The summed E-state index contributed by atoms with van der Waals surface area (Å²) in [4.78, 5) is 36.9. The van der Waals surface area contributed by atoms with Gasteiger partial charge in [0.15, 0.2) is 5.78 Å². The monoisotopic (exact) mass is 277 g/mol. The second kappa shape index (κ2) is 6.84. The van der Waals surface area contributed by atoms with E-state index in [0.717, 1.165) is 6.42 Å². The van der Waals surface area contributed by atoms with E-state index in [1.165, 1.54) is 32.2 Å². The van der Waals surface area contributed by atoms with E-state index in [0.29, 0.717) is 17.7 Å². The first-order chi connectivity index (χ1) is 9.40. The fourth-order valence-corrected chi connectivity index (χ4v) is 1.85. The van der Waals surface area contributed by atoms with Gasteiger partial charge in [0.2, 0.25) is 0 Å². The lowest BCUT2D eigenvalue weighted by Crippen LogP contribution is -2.27. The van der Waals surface area contributed by atoms with Gasteiger partial charge in [-0.2, -0.15) is 0 Å². The van der Waals surface area contributed by atoms with E-state index in [4.69, 9.17) is 0 Å². The molecule has 1 rings (SSSR count). The highest BCUT2D eigenvalue weighted by Crippen LogP contribution is 2.14. The van der Waals surface area contributed by atoms with Crippen LogP contribution >= 0.6 is 0 Å². The van der Waals surface area contributed by atoms with Crippen molar-refractivity contribution in [3.05, 3.63) is 34.9 Å². The van der Waals surface area contributed by atoms with Gasteiger partial charge in [-0.15, -0.1) is 0 Å². The summed E-state index contributed by atoms with van der Waals surface area (Å²) in [5.41, 5.74) is 0.837. The Bertz CT molecular complexity index is 537. The largest absolute Gasteiger partial charge is 0.465 e. The fraction of sp³-hybridized carbons (Fsp3) is 0.400. The normalized spacial score (nSPS) is 10.0. The number of carbonyl (C=O) groups excluding carboxylic acids is 3. The molecule has 0 aromatic heterocycles. The summed E-state index contributed by atoms with van der Waals surface area (Å²) in [6, 6.07) is 4.39. The van der Waals surface area contributed by atoms with Gasteiger partial charge in [0.1, 0.15) is 0 Å². The Hall–Kier alpha value is -2.17. The van der Waals surface area contributed by atoms with Gasteiger partial charge in [-0.05, 0) is 31.5 Å². The molecule has 1 aromatic carbocycles. The molecule has 0 N–H and O–H groups in total. The van der Waals surface area contributed by atoms with Gasteiger partial charge in [0.25, 0.3) is 5.91 Å². The number of hydrogen-bond donors (Lipinski definition) is 0. The van der Waals surface area contributed by atoms with Crippen LogP contribution in [0.25, 0.3) is 0 Å². The Morgan fingerprint density at radius 1 is 1.10 bits per heavy atom. The van der Waals surface area contributed by atoms with Crippen LogP contribution in [0.1, 0.15) is 51.3 Å². The molecule has 0 atom stereocenters. The molecule has 0 aliphatic carbocycles. The third kappa shape index (κ3) is 3.66. The first kappa shape index (κ1) is 15.9. The fourth-order valence-electron chi connectivity index (χ4n) is 1.85. The number of benzene rings is 1. The first-order valence-corrected chi connectivity index (χ1v) is 6.40. The van der Waals surface area contributed by atoms with E-state index in [2.05, 4.69) is 4.74 Å². The summed E-state index contributed by atoms with van der Waals surface area (Å²) >= 11 is 0. The van der Waals surface area contributed by atoms with Crippen LogP contribution in [-0.2, 0) is 4.74 Å². The lowest BCUT2D eigenvalue weighted by molar-refractivity contribution is 0.0600. The molecule has 0 aliphatic heterocycles. The molecule has 5 nitrogen and oxygen atoms in total. The lowest BCUT2D eigenvalue weighted by atomic mass is 10.0. The zero-order valence-corrected chi connectivity index (χ0v) is 12.2. The summed E-state index contributed by atoms with van der Waals surface area (Å²) in [7, 11) is 2.94. The van der Waals surface area contributed by atoms with Gasteiger partial charge in [0, 0.05) is 24.7 Å². The second-order valence-corrected chi connectivity index (χ2v) is 4.57. The van der Waals surface area contributed by atoms with Crippen LogP contribution < -0.4 is 0 Å². The number of ketones is 1. The average molecular weight is 277 g/mol. The van der Waals surface area contributed by atoms with Gasteiger partial charge in [0.05, 0.1) is 12.7 Å². The smallest absolute Gasteiger partial charge is 0.337 e. The molecule has 0 saturated heterocycles. The molecule has 108 valence electrons. The Kier molecular flexibility index (Phi) is 5.43. The third-order valence-electron chi connectivity index (χ3n) is 2.91. The van der Waals surface area contributed by atoms with Crippen LogP contribution in [0.4, 0.5) is 0 Å². The van der Waals surface area contributed by atoms with E-state index in [1.807, 2.05) is 6.92 Å². The Labute approximate surface area is 118 Å². The van der Waals surface area contributed by atoms with Gasteiger partial charge >= 0.3 is 5.97 Å². The van der Waals surface area contributed by atoms with Gasteiger partial charge in [-0.25, -0.2) is 4.79 Å². The molecule has 0 bridgehead atoms. The van der Waals surface area contributed by atoms with Crippen LogP contribution in [-0.4, -0.2) is 43.3 Å². The molecule has 1 aromatic rings. The number of carbonyl (C=O) groups is 3. The predicted octanol–water partition coefficient (Wildman–Crippen LogP) is 2.16. The van der Waals surface area contributed by atoms with Crippen LogP contribution in [0, 0.1) is 0 Å². The summed E-state index contributed by atoms with van der Waals surface area (Å²) in [5, 5.41) is 0. The number of rotatable bonds is 5. The van der Waals surface area contributed by atoms with Gasteiger partial charge in [-0.3, -0.25) is 9.59 Å². The third-order valence-corrected chi connectivity index (χ3v) is 2.91. The standard InChI is InChI=1S/C15H19NO4/c1-5-6-16(3)14(18)12-7-11(10(2)17)8-13(9-12)15(19)20-4/h7-9H,5-6H2,1-4H3. The minimum Gasteiger partial charge on any atom is -0.465 e. The zero-order valence-electron chi connectivity index (χ0n) is 12.2. The van der Waals surface area contributed by atoms with Crippen molar-refractivity contribution in [2.24, 2.45) is 0 Å². The number of nitrogens with zero attached hydrogens (tertiary/aromatic N) is 1. The van der Waals surface area contributed by atoms with E-state index < -0.39 is 5.97 Å². The maximum absolute atomic E-state index is 12.2. The second-order valence-electron chi connectivity index (χ2n) is 4.57. The van der Waals surface area contributed by atoms with E-state index in [-0.39, 0.29) is 17.3 Å².